The van der Waals surface area contributed by atoms with Crippen molar-refractivity contribution in [2.24, 2.45) is 0 Å². The zero-order chi connectivity index (χ0) is 23.2. The highest BCUT2D eigenvalue weighted by Crippen LogP contribution is 2.45. The number of Topliss-reactive ketones (excluding diaryl/α,β-unsaturated/α-hetero) is 1. The van der Waals surface area contributed by atoms with Gasteiger partial charge in [-0.3, -0.25) is 14.5 Å². The van der Waals surface area contributed by atoms with Crippen LogP contribution in [-0.2, 0) is 9.59 Å². The van der Waals surface area contributed by atoms with Crippen molar-refractivity contribution in [1.29, 1.82) is 0 Å². The maximum absolute atomic E-state index is 13.3. The molecule has 0 aliphatic carbocycles. The van der Waals surface area contributed by atoms with Crippen LogP contribution in [0.2, 0.25) is 5.02 Å². The van der Waals surface area contributed by atoms with Crippen LogP contribution in [0.3, 0.4) is 0 Å². The lowest BCUT2D eigenvalue weighted by atomic mass is 9.95. The van der Waals surface area contributed by atoms with Gasteiger partial charge in [0.15, 0.2) is 0 Å². The van der Waals surface area contributed by atoms with Crippen LogP contribution >= 0.6 is 22.9 Å². The highest BCUT2D eigenvalue weighted by atomic mass is 35.5. The number of hydrogen-bond acceptors (Lipinski definition) is 5. The van der Waals surface area contributed by atoms with E-state index in [0.29, 0.717) is 22.0 Å². The second-order valence-electron chi connectivity index (χ2n) is 7.75. The number of methoxy groups -OCH3 is 1. The van der Waals surface area contributed by atoms with Crippen LogP contribution in [0.25, 0.3) is 5.76 Å². The molecule has 1 amide bonds. The summed E-state index contributed by atoms with van der Waals surface area (Å²) in [5.41, 5.74) is 3.44. The third-order valence-electron chi connectivity index (χ3n) is 5.68. The van der Waals surface area contributed by atoms with Gasteiger partial charge < -0.3 is 9.84 Å². The molecule has 1 saturated heterocycles. The van der Waals surface area contributed by atoms with Crippen LogP contribution in [0.1, 0.15) is 33.2 Å². The number of anilines is 1. The molecule has 1 unspecified atom stereocenters. The summed E-state index contributed by atoms with van der Waals surface area (Å²) in [5.74, 6) is -0.942. The van der Waals surface area contributed by atoms with Crippen LogP contribution in [-0.4, -0.2) is 23.9 Å². The van der Waals surface area contributed by atoms with Crippen molar-refractivity contribution in [1.82, 2.24) is 0 Å². The molecular weight excluding hydrogens is 446 g/mol. The normalized spacial score (nSPS) is 17.8. The van der Waals surface area contributed by atoms with Crippen molar-refractivity contribution < 1.29 is 19.4 Å². The molecule has 0 spiro atoms. The summed E-state index contributed by atoms with van der Waals surface area (Å²) in [6.07, 6.45) is 0. The fourth-order valence-corrected chi connectivity index (χ4v) is 5.04. The number of carbonyl (C=O) groups is 2. The van der Waals surface area contributed by atoms with Crippen molar-refractivity contribution in [3.8, 4) is 5.75 Å². The smallest absolute Gasteiger partial charge is 0.300 e. The molecule has 1 aliphatic rings. The minimum absolute atomic E-state index is 0.0597. The highest BCUT2D eigenvalue weighted by Gasteiger charge is 2.48. The summed E-state index contributed by atoms with van der Waals surface area (Å²) in [4.78, 5) is 28.7. The number of hydrogen-bond donors (Lipinski definition) is 1. The van der Waals surface area contributed by atoms with Gasteiger partial charge in [-0.2, -0.15) is 0 Å². The fourth-order valence-electron chi connectivity index (χ4n) is 4.05. The monoisotopic (exact) mass is 467 g/mol. The molecule has 32 heavy (non-hydrogen) atoms. The topological polar surface area (TPSA) is 66.8 Å². The standard InChI is InChI=1S/C25H22ClNO4S/c1-13-7-8-16(26)12-18(13)27-22(20-6-5-9-32-20)21(24(29)25(27)30)23(28)17-10-15(3)19(31-4)11-14(17)2/h5-12,22,28H,1-4H3/b23-21-. The molecule has 3 aromatic rings. The van der Waals surface area contributed by atoms with Gasteiger partial charge >= 0.3 is 0 Å². The lowest BCUT2D eigenvalue weighted by molar-refractivity contribution is -0.132. The molecule has 0 bridgehead atoms. The van der Waals surface area contributed by atoms with Crippen LogP contribution in [0.15, 0.2) is 53.4 Å². The van der Waals surface area contributed by atoms with Crippen molar-refractivity contribution in [3.63, 3.8) is 0 Å². The molecule has 2 aromatic carbocycles. The summed E-state index contributed by atoms with van der Waals surface area (Å²) >= 11 is 7.64. The second-order valence-corrected chi connectivity index (χ2v) is 9.17. The fraction of sp³-hybridized carbons (Fsp3) is 0.200. The Kier molecular flexibility index (Phi) is 5.84. The number of benzene rings is 2. The Morgan fingerprint density at radius 1 is 1.06 bits per heavy atom. The lowest BCUT2D eigenvalue weighted by Crippen LogP contribution is -2.29. The quantitative estimate of drug-likeness (QED) is 0.292. The van der Waals surface area contributed by atoms with Gasteiger partial charge in [-0.15, -0.1) is 11.3 Å². The van der Waals surface area contributed by atoms with E-state index in [-0.39, 0.29) is 11.3 Å². The van der Waals surface area contributed by atoms with E-state index in [0.717, 1.165) is 21.6 Å². The van der Waals surface area contributed by atoms with E-state index >= 15 is 0 Å². The zero-order valence-electron chi connectivity index (χ0n) is 18.1. The van der Waals surface area contributed by atoms with Gasteiger partial charge in [-0.25, -0.2) is 0 Å². The van der Waals surface area contributed by atoms with Crippen molar-refractivity contribution in [3.05, 3.63) is 85.6 Å². The number of aryl methyl sites for hydroxylation is 3. The van der Waals surface area contributed by atoms with E-state index in [1.165, 1.54) is 16.2 Å². The molecular formula is C25H22ClNO4S. The van der Waals surface area contributed by atoms with Gasteiger partial charge in [0.05, 0.1) is 12.7 Å². The van der Waals surface area contributed by atoms with Gasteiger partial charge in [0.25, 0.3) is 11.7 Å². The summed E-state index contributed by atoms with van der Waals surface area (Å²) in [6.45, 7) is 5.54. The van der Waals surface area contributed by atoms with E-state index in [1.807, 2.05) is 44.4 Å². The number of carbonyl (C=O) groups excluding carboxylic acids is 2. The van der Waals surface area contributed by atoms with E-state index in [2.05, 4.69) is 0 Å². The molecule has 1 N–H and O–H groups in total. The summed E-state index contributed by atoms with van der Waals surface area (Å²) in [5, 5.41) is 13.7. The predicted molar refractivity (Wildman–Crippen MR) is 128 cm³/mol. The maximum Gasteiger partial charge on any atom is 0.300 e. The van der Waals surface area contributed by atoms with Crippen LogP contribution < -0.4 is 9.64 Å². The van der Waals surface area contributed by atoms with Crippen LogP contribution in [0.4, 0.5) is 5.69 Å². The van der Waals surface area contributed by atoms with Crippen molar-refractivity contribution in [2.45, 2.75) is 26.8 Å². The molecule has 2 heterocycles. The molecule has 1 aliphatic heterocycles. The third-order valence-corrected chi connectivity index (χ3v) is 6.84. The first kappa shape index (κ1) is 22.1. The van der Waals surface area contributed by atoms with Crippen molar-refractivity contribution in [2.75, 3.05) is 12.0 Å². The Morgan fingerprint density at radius 3 is 2.47 bits per heavy atom. The maximum atomic E-state index is 13.3. The minimum Gasteiger partial charge on any atom is -0.507 e. The number of thiophene rings is 1. The summed E-state index contributed by atoms with van der Waals surface area (Å²) in [7, 11) is 1.58. The highest BCUT2D eigenvalue weighted by molar-refractivity contribution is 7.10. The van der Waals surface area contributed by atoms with E-state index in [9.17, 15) is 14.7 Å². The Balaban J connectivity index is 1.98. The molecule has 7 heteroatoms. The van der Waals surface area contributed by atoms with Crippen LogP contribution in [0.5, 0.6) is 5.75 Å². The first-order valence-corrected chi connectivity index (χ1v) is 11.3. The van der Waals surface area contributed by atoms with Crippen LogP contribution in [0, 0.1) is 20.8 Å². The molecule has 1 fully saturated rings. The number of nitrogens with zero attached hydrogens (tertiary/aromatic N) is 1. The molecule has 1 atom stereocenters. The summed E-state index contributed by atoms with van der Waals surface area (Å²) < 4.78 is 5.37. The first-order chi connectivity index (χ1) is 15.2. The average molecular weight is 468 g/mol. The number of aliphatic hydroxyl groups is 1. The first-order valence-electron chi connectivity index (χ1n) is 10.0. The Hall–Kier alpha value is -3.09. The van der Waals surface area contributed by atoms with Crippen molar-refractivity contribution >= 4 is 46.1 Å². The van der Waals surface area contributed by atoms with Gasteiger partial charge in [0.2, 0.25) is 0 Å². The average Bonchev–Trinajstić information content (AvgIpc) is 3.38. The predicted octanol–water partition coefficient (Wildman–Crippen LogP) is 5.96. The molecule has 5 nitrogen and oxygen atoms in total. The number of ether oxygens (including phenoxy) is 1. The van der Waals surface area contributed by atoms with Gasteiger partial charge in [-0.1, -0.05) is 23.7 Å². The van der Waals surface area contributed by atoms with Gasteiger partial charge in [-0.05, 0) is 73.2 Å². The minimum atomic E-state index is -0.756. The molecule has 1 aromatic heterocycles. The molecule has 0 saturated carbocycles. The Bertz CT molecular complexity index is 1260. The number of halogens is 1. The lowest BCUT2D eigenvalue weighted by Gasteiger charge is -2.26. The second kappa shape index (κ2) is 8.45. The number of amides is 1. The summed E-state index contributed by atoms with van der Waals surface area (Å²) in [6, 6.07) is 11.7. The molecule has 4 rings (SSSR count). The number of ketones is 1. The van der Waals surface area contributed by atoms with Gasteiger partial charge in [0.1, 0.15) is 17.6 Å². The number of aliphatic hydroxyl groups excluding tert-OH is 1. The van der Waals surface area contributed by atoms with E-state index < -0.39 is 17.7 Å². The SMILES string of the molecule is COc1cc(C)c(/C(O)=C2/C(=O)C(=O)N(c3cc(Cl)ccc3C)C2c2cccs2)cc1C. The zero-order valence-corrected chi connectivity index (χ0v) is 19.7. The third kappa shape index (κ3) is 3.59. The largest absolute Gasteiger partial charge is 0.507 e. The van der Waals surface area contributed by atoms with E-state index in [4.69, 9.17) is 16.3 Å². The Labute approximate surface area is 195 Å². The van der Waals surface area contributed by atoms with Gasteiger partial charge in [0, 0.05) is 21.2 Å². The van der Waals surface area contributed by atoms with E-state index in [1.54, 1.807) is 31.4 Å². The Morgan fingerprint density at radius 2 is 1.81 bits per heavy atom. The molecule has 164 valence electrons. The molecule has 0 radical (unpaired) electrons. The number of rotatable bonds is 4.